The minimum absolute atomic E-state index is 0.0470. The van der Waals surface area contributed by atoms with Gasteiger partial charge < -0.3 is 20.0 Å². The summed E-state index contributed by atoms with van der Waals surface area (Å²) < 4.78 is 0. The van der Waals surface area contributed by atoms with Crippen molar-refractivity contribution in [3.05, 3.63) is 36.2 Å². The van der Waals surface area contributed by atoms with Crippen LogP contribution in [0.5, 0.6) is 0 Å². The van der Waals surface area contributed by atoms with E-state index in [9.17, 15) is 4.79 Å². The molecule has 0 saturated carbocycles. The van der Waals surface area contributed by atoms with Crippen LogP contribution < -0.4 is 5.32 Å². The molecule has 0 bridgehead atoms. The summed E-state index contributed by atoms with van der Waals surface area (Å²) in [6, 6.07) is 8.25. The van der Waals surface area contributed by atoms with Gasteiger partial charge in [-0.05, 0) is 31.4 Å². The number of hydrogen-bond acceptors (Lipinski definition) is 6. The lowest BCUT2D eigenvalue weighted by Crippen LogP contribution is -2.50. The number of carbonyl (C=O) groups excluding carboxylic acids is 1. The number of carbonyl (C=O) groups is 1. The van der Waals surface area contributed by atoms with Gasteiger partial charge in [-0.25, -0.2) is 9.79 Å². The normalized spacial score (nSPS) is 21.7. The molecule has 7 nitrogen and oxygen atoms in total. The number of piperazine rings is 1. The van der Waals surface area contributed by atoms with Gasteiger partial charge in [-0.15, -0.1) is 11.8 Å². The first-order valence-electron chi connectivity index (χ1n) is 9.17. The number of fused-ring (bicyclic) bond motifs is 1. The van der Waals surface area contributed by atoms with Gasteiger partial charge in [-0.1, -0.05) is 6.07 Å². The lowest BCUT2D eigenvalue weighted by atomic mass is 10.3. The predicted molar refractivity (Wildman–Crippen MR) is 111 cm³/mol. The summed E-state index contributed by atoms with van der Waals surface area (Å²) in [5, 5.41) is 3.00. The SMILES string of the molecule is CSc1cccc(NC(=O)N2CCN(C3=CC4=NCC(C)N4C=N3)CC2)c1. The molecule has 1 N–H and O–H groups in total. The third kappa shape index (κ3) is 3.80. The van der Waals surface area contributed by atoms with Crippen molar-refractivity contribution in [2.24, 2.45) is 9.98 Å². The van der Waals surface area contributed by atoms with Crippen molar-refractivity contribution in [3.8, 4) is 0 Å². The quantitative estimate of drug-likeness (QED) is 0.814. The lowest BCUT2D eigenvalue weighted by Gasteiger charge is -2.37. The second-order valence-electron chi connectivity index (χ2n) is 6.84. The van der Waals surface area contributed by atoms with E-state index in [1.807, 2.05) is 47.8 Å². The summed E-state index contributed by atoms with van der Waals surface area (Å²) in [7, 11) is 0. The molecule has 1 saturated heterocycles. The van der Waals surface area contributed by atoms with Gasteiger partial charge in [0.15, 0.2) is 0 Å². The molecule has 3 aliphatic heterocycles. The van der Waals surface area contributed by atoms with E-state index in [-0.39, 0.29) is 6.03 Å². The minimum atomic E-state index is -0.0470. The predicted octanol–water partition coefficient (Wildman–Crippen LogP) is 2.54. The Bertz CT molecular complexity index is 812. The number of hydrogen-bond donors (Lipinski definition) is 1. The number of amidine groups is 1. The summed E-state index contributed by atoms with van der Waals surface area (Å²) >= 11 is 1.66. The van der Waals surface area contributed by atoms with E-state index in [4.69, 9.17) is 0 Å². The smallest absolute Gasteiger partial charge is 0.321 e. The molecular formula is C19H24N6OS. The van der Waals surface area contributed by atoms with Crippen molar-refractivity contribution in [1.82, 2.24) is 14.7 Å². The van der Waals surface area contributed by atoms with Crippen molar-refractivity contribution in [2.75, 3.05) is 44.3 Å². The highest BCUT2D eigenvalue weighted by atomic mass is 32.2. The summed E-state index contributed by atoms with van der Waals surface area (Å²) in [4.78, 5) is 29.0. The zero-order chi connectivity index (χ0) is 18.8. The van der Waals surface area contributed by atoms with Crippen molar-refractivity contribution in [3.63, 3.8) is 0 Å². The van der Waals surface area contributed by atoms with Gasteiger partial charge in [0.1, 0.15) is 11.7 Å². The van der Waals surface area contributed by atoms with Gasteiger partial charge in [0.05, 0.1) is 18.9 Å². The van der Waals surface area contributed by atoms with Gasteiger partial charge in [0, 0.05) is 42.8 Å². The molecule has 1 fully saturated rings. The van der Waals surface area contributed by atoms with Gasteiger partial charge in [0.25, 0.3) is 0 Å². The van der Waals surface area contributed by atoms with Crippen LogP contribution in [0.3, 0.4) is 0 Å². The third-order valence-corrected chi connectivity index (χ3v) is 5.77. The first-order valence-corrected chi connectivity index (χ1v) is 10.4. The molecular weight excluding hydrogens is 360 g/mol. The van der Waals surface area contributed by atoms with Gasteiger partial charge >= 0.3 is 6.03 Å². The van der Waals surface area contributed by atoms with Crippen LogP contribution in [0.1, 0.15) is 6.92 Å². The maximum Gasteiger partial charge on any atom is 0.321 e. The van der Waals surface area contributed by atoms with Crippen molar-refractivity contribution < 1.29 is 4.79 Å². The Morgan fingerprint density at radius 1 is 1.26 bits per heavy atom. The van der Waals surface area contributed by atoms with Gasteiger partial charge in [0.2, 0.25) is 0 Å². The molecule has 3 aliphatic rings. The number of aliphatic imine (C=N–C) groups is 2. The molecule has 4 rings (SSSR count). The number of thioether (sulfide) groups is 1. The molecule has 2 amide bonds. The molecule has 3 heterocycles. The van der Waals surface area contributed by atoms with Crippen LogP contribution in [0.15, 0.2) is 51.0 Å². The van der Waals surface area contributed by atoms with E-state index >= 15 is 0 Å². The van der Waals surface area contributed by atoms with Gasteiger partial charge in [-0.2, -0.15) is 0 Å². The molecule has 0 radical (unpaired) electrons. The van der Waals surface area contributed by atoms with Crippen LogP contribution in [-0.2, 0) is 0 Å². The van der Waals surface area contributed by atoms with Crippen LogP contribution in [0, 0.1) is 0 Å². The Hall–Kier alpha value is -2.48. The van der Waals surface area contributed by atoms with E-state index < -0.39 is 0 Å². The summed E-state index contributed by atoms with van der Waals surface area (Å²) in [6.45, 7) is 5.85. The van der Waals surface area contributed by atoms with Crippen molar-refractivity contribution >= 4 is 35.7 Å². The highest BCUT2D eigenvalue weighted by Crippen LogP contribution is 2.21. The molecule has 1 atom stereocenters. The van der Waals surface area contributed by atoms with Crippen LogP contribution in [0.2, 0.25) is 0 Å². The Labute approximate surface area is 163 Å². The molecule has 1 unspecified atom stereocenters. The molecule has 0 aliphatic carbocycles. The van der Waals surface area contributed by atoms with E-state index in [0.29, 0.717) is 19.1 Å². The largest absolute Gasteiger partial charge is 0.353 e. The summed E-state index contributed by atoms with van der Waals surface area (Å²) in [5.41, 5.74) is 0.835. The first-order chi connectivity index (χ1) is 13.1. The maximum atomic E-state index is 12.6. The Morgan fingerprint density at radius 3 is 2.85 bits per heavy atom. The summed E-state index contributed by atoms with van der Waals surface area (Å²) in [6.07, 6.45) is 5.95. The van der Waals surface area contributed by atoms with E-state index in [1.165, 1.54) is 0 Å². The average molecular weight is 385 g/mol. The number of amides is 2. The molecule has 142 valence electrons. The lowest BCUT2D eigenvalue weighted by molar-refractivity contribution is 0.166. The van der Waals surface area contributed by atoms with Crippen molar-refractivity contribution in [2.45, 2.75) is 17.9 Å². The number of benzene rings is 1. The number of nitrogens with one attached hydrogen (secondary N) is 1. The van der Waals surface area contributed by atoms with Crippen molar-refractivity contribution in [1.29, 1.82) is 0 Å². The molecule has 0 aromatic heterocycles. The Balaban J connectivity index is 1.33. The molecule has 0 spiro atoms. The number of rotatable bonds is 3. The monoisotopic (exact) mass is 384 g/mol. The first kappa shape index (κ1) is 17.9. The fourth-order valence-electron chi connectivity index (χ4n) is 3.40. The zero-order valence-electron chi connectivity index (χ0n) is 15.6. The minimum Gasteiger partial charge on any atom is -0.353 e. The number of anilines is 1. The van der Waals surface area contributed by atoms with E-state index in [0.717, 1.165) is 41.9 Å². The number of urea groups is 1. The zero-order valence-corrected chi connectivity index (χ0v) is 16.4. The third-order valence-electron chi connectivity index (χ3n) is 5.04. The fraction of sp³-hybridized carbons (Fsp3) is 0.421. The molecule has 1 aromatic rings. The standard InChI is InChI=1S/C19H24N6OS/c1-14-12-20-18-11-17(21-13-25(14)18)23-6-8-24(9-7-23)19(26)22-15-4-3-5-16(10-15)27-2/h3-5,10-11,13-14H,6-9,12H2,1-2H3,(H,22,26). The van der Waals surface area contributed by atoms with Crippen LogP contribution in [0.4, 0.5) is 10.5 Å². The highest BCUT2D eigenvalue weighted by Gasteiger charge is 2.28. The Kier molecular flexibility index (Phi) is 5.07. The number of nitrogens with zero attached hydrogens (tertiary/aromatic N) is 5. The second kappa shape index (κ2) is 7.64. The maximum absolute atomic E-state index is 12.6. The molecule has 8 heteroatoms. The van der Waals surface area contributed by atoms with E-state index in [2.05, 4.69) is 32.0 Å². The van der Waals surface area contributed by atoms with E-state index in [1.54, 1.807) is 11.8 Å². The fourth-order valence-corrected chi connectivity index (χ4v) is 3.86. The van der Waals surface area contributed by atoms with Crippen LogP contribution in [-0.4, -0.2) is 77.9 Å². The highest BCUT2D eigenvalue weighted by molar-refractivity contribution is 7.98. The molecule has 1 aromatic carbocycles. The molecule has 27 heavy (non-hydrogen) atoms. The second-order valence-corrected chi connectivity index (χ2v) is 7.72. The van der Waals surface area contributed by atoms with Gasteiger partial charge in [-0.3, -0.25) is 4.99 Å². The summed E-state index contributed by atoms with van der Waals surface area (Å²) in [5.74, 6) is 1.92. The Morgan fingerprint density at radius 2 is 2.07 bits per heavy atom. The average Bonchev–Trinajstić information content (AvgIpc) is 3.08. The van der Waals surface area contributed by atoms with Crippen LogP contribution >= 0.6 is 11.8 Å². The van der Waals surface area contributed by atoms with Crippen LogP contribution in [0.25, 0.3) is 0 Å². The topological polar surface area (TPSA) is 63.5 Å².